The number of esters is 1. The first-order valence-corrected chi connectivity index (χ1v) is 16.3. The van der Waals surface area contributed by atoms with Crippen LogP contribution in [0.15, 0.2) is 0 Å². The Balaban J connectivity index is 3.88. The van der Waals surface area contributed by atoms with Crippen molar-refractivity contribution in [3.8, 4) is 0 Å². The van der Waals surface area contributed by atoms with Gasteiger partial charge in [0.2, 0.25) is 0 Å². The van der Waals surface area contributed by atoms with Gasteiger partial charge in [0.15, 0.2) is 0 Å². The summed E-state index contributed by atoms with van der Waals surface area (Å²) in [5, 5.41) is 0. The van der Waals surface area contributed by atoms with E-state index in [9.17, 15) is 14.3 Å². The molecule has 8 nitrogen and oxygen atoms in total. The Bertz CT molecular complexity index is 587. The zero-order valence-electron chi connectivity index (χ0n) is 24.7. The van der Waals surface area contributed by atoms with Gasteiger partial charge in [0, 0.05) is 13.5 Å². The van der Waals surface area contributed by atoms with Crippen LogP contribution in [0.4, 0.5) is 0 Å². The Morgan fingerprint density at radius 2 is 1.24 bits per heavy atom. The fraction of sp³-hybridized carbons (Fsp3) is 0.964. The molecule has 0 heterocycles. The molecule has 0 radical (unpaired) electrons. The molecule has 0 aliphatic heterocycles. The standard InChI is InChI=1S/C28H58NO7P/c1-6-9-10-11-12-13-14-15-16-17-18-19-20-21-23-33-25-28(36-27(4)30)26-35-37(31,32)34-24-22-29(5,7-2)8-3/h28H,6-26H2,1-5H3/t28-/m1/s1. The molecule has 0 aliphatic carbocycles. The van der Waals surface area contributed by atoms with Crippen LogP contribution in [0.3, 0.4) is 0 Å². The third kappa shape index (κ3) is 23.1. The summed E-state index contributed by atoms with van der Waals surface area (Å²) in [4.78, 5) is 23.5. The van der Waals surface area contributed by atoms with Crippen LogP contribution in [0, 0.1) is 0 Å². The number of carbonyl (C=O) groups excluding carboxylic acids is 1. The summed E-state index contributed by atoms with van der Waals surface area (Å²) < 4.78 is 33.6. The van der Waals surface area contributed by atoms with Gasteiger partial charge >= 0.3 is 5.97 Å². The first-order chi connectivity index (χ1) is 17.7. The molecule has 0 aromatic rings. The number of quaternary nitrogens is 1. The number of nitrogens with zero attached hydrogens (tertiary/aromatic N) is 1. The van der Waals surface area contributed by atoms with Crippen molar-refractivity contribution >= 4 is 13.8 Å². The zero-order chi connectivity index (χ0) is 27.8. The van der Waals surface area contributed by atoms with Gasteiger partial charge in [0.25, 0.3) is 7.82 Å². The minimum Gasteiger partial charge on any atom is -0.756 e. The highest BCUT2D eigenvalue weighted by atomic mass is 31.2. The number of phosphoric ester groups is 1. The Labute approximate surface area is 228 Å². The maximum Gasteiger partial charge on any atom is 0.303 e. The van der Waals surface area contributed by atoms with Gasteiger partial charge in [-0.3, -0.25) is 9.36 Å². The van der Waals surface area contributed by atoms with E-state index in [1.54, 1.807) is 0 Å². The van der Waals surface area contributed by atoms with Crippen molar-refractivity contribution < 1.29 is 37.3 Å². The van der Waals surface area contributed by atoms with Crippen LogP contribution in [-0.4, -0.2) is 69.7 Å². The number of phosphoric acid groups is 1. The van der Waals surface area contributed by atoms with E-state index in [-0.39, 0.29) is 19.8 Å². The molecule has 0 saturated heterocycles. The van der Waals surface area contributed by atoms with Gasteiger partial charge in [-0.25, -0.2) is 0 Å². The highest BCUT2D eigenvalue weighted by molar-refractivity contribution is 7.45. The van der Waals surface area contributed by atoms with E-state index in [2.05, 4.69) is 20.8 Å². The molecule has 37 heavy (non-hydrogen) atoms. The number of unbranched alkanes of at least 4 members (excludes halogenated alkanes) is 13. The average molecular weight is 552 g/mol. The average Bonchev–Trinajstić information content (AvgIpc) is 2.86. The molecule has 0 amide bonds. The summed E-state index contributed by atoms with van der Waals surface area (Å²) >= 11 is 0. The van der Waals surface area contributed by atoms with E-state index in [1.807, 2.05) is 7.05 Å². The van der Waals surface area contributed by atoms with Crippen molar-refractivity contribution in [3.63, 3.8) is 0 Å². The van der Waals surface area contributed by atoms with Gasteiger partial charge in [-0.1, -0.05) is 90.4 Å². The van der Waals surface area contributed by atoms with Crippen molar-refractivity contribution in [2.24, 2.45) is 0 Å². The first kappa shape index (κ1) is 36.5. The normalized spacial score (nSPS) is 14.4. The minimum atomic E-state index is -4.48. The molecule has 222 valence electrons. The molecule has 0 bridgehead atoms. The van der Waals surface area contributed by atoms with Gasteiger partial charge in [-0.05, 0) is 20.3 Å². The van der Waals surface area contributed by atoms with Crippen molar-refractivity contribution in [3.05, 3.63) is 0 Å². The number of carbonyl (C=O) groups is 1. The lowest BCUT2D eigenvalue weighted by Gasteiger charge is -2.33. The second-order valence-electron chi connectivity index (χ2n) is 10.5. The molecule has 0 aromatic carbocycles. The summed E-state index contributed by atoms with van der Waals surface area (Å²) in [7, 11) is -2.43. The van der Waals surface area contributed by atoms with Gasteiger partial charge in [0.1, 0.15) is 19.3 Å². The Kier molecular flexibility index (Phi) is 23.1. The molecular formula is C28H58NO7P. The highest BCUT2D eigenvalue weighted by Crippen LogP contribution is 2.38. The van der Waals surface area contributed by atoms with Crippen LogP contribution in [-0.2, 0) is 27.9 Å². The van der Waals surface area contributed by atoms with E-state index >= 15 is 0 Å². The maximum absolute atomic E-state index is 12.1. The summed E-state index contributed by atoms with van der Waals surface area (Å²) in [6, 6.07) is 0. The summed E-state index contributed by atoms with van der Waals surface area (Å²) in [5.41, 5.74) is 0. The summed E-state index contributed by atoms with van der Waals surface area (Å²) in [6.45, 7) is 10.4. The van der Waals surface area contributed by atoms with Crippen LogP contribution in [0.2, 0.25) is 0 Å². The topological polar surface area (TPSA) is 94.1 Å². The Morgan fingerprint density at radius 3 is 1.70 bits per heavy atom. The molecule has 2 atom stereocenters. The summed E-state index contributed by atoms with van der Waals surface area (Å²) in [5.74, 6) is -0.505. The largest absolute Gasteiger partial charge is 0.756 e. The van der Waals surface area contributed by atoms with Crippen molar-refractivity contribution in [1.82, 2.24) is 0 Å². The molecule has 0 rings (SSSR count). The number of rotatable bonds is 27. The molecule has 9 heteroatoms. The fourth-order valence-electron chi connectivity index (χ4n) is 4.09. The SMILES string of the molecule is CCCCCCCCCCCCCCCCOC[C@H](COP(=O)([O-])OCC[N+](C)(CC)CC)OC(C)=O. The summed E-state index contributed by atoms with van der Waals surface area (Å²) in [6.07, 6.45) is 17.3. The monoisotopic (exact) mass is 551 g/mol. The van der Waals surface area contributed by atoms with Crippen LogP contribution in [0.5, 0.6) is 0 Å². The second kappa shape index (κ2) is 23.4. The third-order valence-electron chi connectivity index (χ3n) is 7.10. The van der Waals surface area contributed by atoms with E-state index in [0.717, 1.165) is 25.9 Å². The predicted octanol–water partition coefficient (Wildman–Crippen LogP) is 6.40. The zero-order valence-corrected chi connectivity index (χ0v) is 25.6. The smallest absolute Gasteiger partial charge is 0.303 e. The van der Waals surface area contributed by atoms with Crippen molar-refractivity contribution in [1.29, 1.82) is 0 Å². The quantitative estimate of drug-likeness (QED) is 0.0504. The molecule has 0 spiro atoms. The van der Waals surface area contributed by atoms with Gasteiger partial charge < -0.3 is 27.9 Å². The number of ether oxygens (including phenoxy) is 2. The minimum absolute atomic E-state index is 0.0484. The predicted molar refractivity (Wildman–Crippen MR) is 148 cm³/mol. The van der Waals surface area contributed by atoms with Crippen molar-refractivity contribution in [2.45, 2.75) is 124 Å². The highest BCUT2D eigenvalue weighted by Gasteiger charge is 2.21. The van der Waals surface area contributed by atoms with Crippen molar-refractivity contribution in [2.75, 3.05) is 53.1 Å². The number of likely N-dealkylation sites (N-methyl/N-ethyl adjacent to an activating group) is 1. The first-order valence-electron chi connectivity index (χ1n) is 14.9. The molecule has 0 fully saturated rings. The lowest BCUT2D eigenvalue weighted by atomic mass is 10.0. The number of hydrogen-bond acceptors (Lipinski definition) is 7. The van der Waals surface area contributed by atoms with Crippen LogP contribution < -0.4 is 4.89 Å². The van der Waals surface area contributed by atoms with Crippen LogP contribution in [0.25, 0.3) is 0 Å². The second-order valence-corrected chi connectivity index (χ2v) is 11.9. The molecule has 0 aliphatic rings. The van der Waals surface area contributed by atoms with Gasteiger partial charge in [-0.2, -0.15) is 0 Å². The Hall–Kier alpha value is -0.500. The molecule has 0 saturated carbocycles. The van der Waals surface area contributed by atoms with Crippen LogP contribution in [0.1, 0.15) is 118 Å². The van der Waals surface area contributed by atoms with E-state index < -0.39 is 19.9 Å². The fourth-order valence-corrected chi connectivity index (χ4v) is 4.82. The molecule has 0 N–H and O–H groups in total. The lowest BCUT2D eigenvalue weighted by molar-refractivity contribution is -0.906. The van der Waals surface area contributed by atoms with E-state index in [4.69, 9.17) is 18.5 Å². The Morgan fingerprint density at radius 1 is 0.757 bits per heavy atom. The van der Waals surface area contributed by atoms with Gasteiger partial charge in [-0.15, -0.1) is 0 Å². The lowest BCUT2D eigenvalue weighted by Crippen LogP contribution is -2.45. The third-order valence-corrected chi connectivity index (χ3v) is 8.07. The van der Waals surface area contributed by atoms with Crippen LogP contribution >= 0.6 is 7.82 Å². The van der Waals surface area contributed by atoms with E-state index in [1.165, 1.54) is 84.0 Å². The van der Waals surface area contributed by atoms with Gasteiger partial charge in [0.05, 0.1) is 33.4 Å². The van der Waals surface area contributed by atoms with E-state index in [0.29, 0.717) is 17.6 Å². The maximum atomic E-state index is 12.1. The number of hydrogen-bond donors (Lipinski definition) is 0. The molecule has 0 aromatic heterocycles. The molecular weight excluding hydrogens is 493 g/mol. The molecule has 1 unspecified atom stereocenters.